The minimum Gasteiger partial charge on any atom is -0.388 e. The fourth-order valence-electron chi connectivity index (χ4n) is 7.71. The average molecular weight is 593 g/mol. The molecule has 2 amide bonds. The van der Waals surface area contributed by atoms with Crippen molar-refractivity contribution < 1.29 is 19.8 Å². The lowest BCUT2D eigenvalue weighted by molar-refractivity contribution is -0.173. The van der Waals surface area contributed by atoms with Crippen LogP contribution in [0.15, 0.2) is 60.7 Å². The molecule has 1 aliphatic carbocycles. The van der Waals surface area contributed by atoms with Crippen LogP contribution >= 0.6 is 0 Å². The van der Waals surface area contributed by atoms with E-state index in [2.05, 4.69) is 27.7 Å². The number of aliphatic hydroxyl groups is 2. The van der Waals surface area contributed by atoms with Crippen molar-refractivity contribution in [3.63, 3.8) is 0 Å². The van der Waals surface area contributed by atoms with Crippen molar-refractivity contribution >= 4 is 11.8 Å². The van der Waals surface area contributed by atoms with Crippen LogP contribution in [0.1, 0.15) is 116 Å². The van der Waals surface area contributed by atoms with E-state index < -0.39 is 34.6 Å². The van der Waals surface area contributed by atoms with E-state index in [4.69, 9.17) is 5.73 Å². The molecule has 2 atom stereocenters. The summed E-state index contributed by atoms with van der Waals surface area (Å²) >= 11 is 0. The van der Waals surface area contributed by atoms with Crippen molar-refractivity contribution in [2.24, 2.45) is 11.1 Å². The summed E-state index contributed by atoms with van der Waals surface area (Å²) in [7, 11) is 0. The highest BCUT2D eigenvalue weighted by atomic mass is 16.3. The van der Waals surface area contributed by atoms with E-state index in [0.29, 0.717) is 51.4 Å². The van der Waals surface area contributed by atoms with Gasteiger partial charge in [0.2, 0.25) is 11.8 Å². The quantitative estimate of drug-likeness (QED) is 0.167. The Morgan fingerprint density at radius 3 is 1.37 bits per heavy atom. The van der Waals surface area contributed by atoms with E-state index >= 15 is 4.79 Å². The second-order valence-electron chi connectivity index (χ2n) is 13.0. The zero-order chi connectivity index (χ0) is 31.5. The van der Waals surface area contributed by atoms with Gasteiger partial charge in [-0.15, -0.1) is 0 Å². The van der Waals surface area contributed by atoms with Crippen LogP contribution in [0.4, 0.5) is 0 Å². The lowest BCUT2D eigenvalue weighted by Gasteiger charge is -2.53. The number of carbonyl (C=O) groups is 2. The van der Waals surface area contributed by atoms with Crippen molar-refractivity contribution in [2.75, 3.05) is 0 Å². The first-order valence-electron chi connectivity index (χ1n) is 16.8. The second-order valence-corrected chi connectivity index (χ2v) is 13.0. The van der Waals surface area contributed by atoms with Crippen LogP contribution in [0.2, 0.25) is 0 Å². The topological polar surface area (TPSA) is 104 Å². The zero-order valence-electron chi connectivity index (χ0n) is 27.1. The summed E-state index contributed by atoms with van der Waals surface area (Å²) in [5.74, 6) is -0.920. The molecule has 2 aromatic rings. The fourth-order valence-corrected chi connectivity index (χ4v) is 7.71. The first-order chi connectivity index (χ1) is 20.6. The van der Waals surface area contributed by atoms with Crippen LogP contribution in [-0.2, 0) is 22.4 Å². The average Bonchev–Trinajstić information content (AvgIpc) is 3.49. The molecule has 1 aliphatic rings. The van der Waals surface area contributed by atoms with Crippen molar-refractivity contribution in [3.05, 3.63) is 71.8 Å². The minimum absolute atomic E-state index is 0.323. The molecule has 238 valence electrons. The molecule has 0 bridgehead atoms. The molecule has 43 heavy (non-hydrogen) atoms. The second kappa shape index (κ2) is 15.9. The molecule has 0 spiro atoms. The molecule has 0 aromatic heterocycles. The zero-order valence-corrected chi connectivity index (χ0v) is 27.1. The van der Waals surface area contributed by atoms with Crippen molar-refractivity contribution in [1.29, 1.82) is 0 Å². The first kappa shape index (κ1) is 34.8. The van der Waals surface area contributed by atoms with Crippen LogP contribution < -0.4 is 5.73 Å². The molecule has 0 saturated heterocycles. The lowest BCUT2D eigenvalue weighted by atomic mass is 9.73. The van der Waals surface area contributed by atoms with Gasteiger partial charge in [0.15, 0.2) is 0 Å². The normalized spacial score (nSPS) is 16.5. The highest BCUT2D eigenvalue weighted by Crippen LogP contribution is 2.45. The Morgan fingerprint density at radius 2 is 1.07 bits per heavy atom. The van der Waals surface area contributed by atoms with Crippen LogP contribution in [-0.4, -0.2) is 50.2 Å². The van der Waals surface area contributed by atoms with Gasteiger partial charge in [0.05, 0.1) is 23.3 Å². The molecule has 1 fully saturated rings. The van der Waals surface area contributed by atoms with Crippen molar-refractivity contribution in [2.45, 2.75) is 141 Å². The molecular formula is C37H56N2O4. The van der Waals surface area contributed by atoms with Gasteiger partial charge in [-0.1, -0.05) is 127 Å². The van der Waals surface area contributed by atoms with E-state index in [9.17, 15) is 15.0 Å². The van der Waals surface area contributed by atoms with Crippen LogP contribution in [0, 0.1) is 5.41 Å². The number of amides is 2. The molecule has 2 aromatic carbocycles. The van der Waals surface area contributed by atoms with E-state index in [1.54, 1.807) is 0 Å². The molecule has 6 nitrogen and oxygen atoms in total. The predicted octanol–water partition coefficient (Wildman–Crippen LogP) is 6.75. The minimum atomic E-state index is -1.34. The van der Waals surface area contributed by atoms with E-state index in [1.807, 2.05) is 65.6 Å². The molecule has 0 aliphatic heterocycles. The van der Waals surface area contributed by atoms with Crippen LogP contribution in [0.25, 0.3) is 0 Å². The van der Waals surface area contributed by atoms with Gasteiger partial charge in [-0.3, -0.25) is 9.59 Å². The number of hydrogen-bond donors (Lipinski definition) is 3. The Labute approximate surface area is 260 Å². The standard InChI is InChI=1S/C37H56N2O4/c1-5-21-36(42,22-6-2)31(27-29-17-11-9-12-18-29)39(34(41)35(33(38)40)25-15-16-26-35)32(28-30-19-13-10-14-20-30)37(43,23-7-3)24-8-4/h9-14,17-20,31-32,42-43H,5-8,15-16,21-28H2,1-4H3,(H2,38,40)/t31-,32-/m1/s1. The Balaban J connectivity index is 2.37. The van der Waals surface area contributed by atoms with Crippen molar-refractivity contribution in [1.82, 2.24) is 4.90 Å². The number of nitrogens with two attached hydrogens (primary N) is 1. The van der Waals surface area contributed by atoms with E-state index in [0.717, 1.165) is 49.7 Å². The molecule has 0 heterocycles. The Hall–Kier alpha value is -2.70. The maximum absolute atomic E-state index is 15.3. The molecule has 3 rings (SSSR count). The summed E-state index contributed by atoms with van der Waals surface area (Å²) < 4.78 is 0. The van der Waals surface area contributed by atoms with E-state index in [1.165, 1.54) is 0 Å². The molecule has 4 N–H and O–H groups in total. The Bertz CT molecular complexity index is 1050. The Morgan fingerprint density at radius 1 is 0.721 bits per heavy atom. The van der Waals surface area contributed by atoms with Crippen LogP contribution in [0.3, 0.4) is 0 Å². The summed E-state index contributed by atoms with van der Waals surface area (Å²) in [4.78, 5) is 30.4. The van der Waals surface area contributed by atoms with Gasteiger partial charge in [0.25, 0.3) is 0 Å². The van der Waals surface area contributed by atoms with Gasteiger partial charge >= 0.3 is 0 Å². The fraction of sp³-hybridized carbons (Fsp3) is 0.622. The van der Waals surface area contributed by atoms with Gasteiger partial charge in [-0.2, -0.15) is 0 Å². The predicted molar refractivity (Wildman–Crippen MR) is 174 cm³/mol. The lowest BCUT2D eigenvalue weighted by Crippen LogP contribution is -2.68. The number of carbonyl (C=O) groups excluding carboxylic acids is 2. The summed E-state index contributed by atoms with van der Waals surface area (Å²) in [5.41, 5.74) is 4.34. The van der Waals surface area contributed by atoms with Gasteiger partial charge in [-0.25, -0.2) is 0 Å². The SMILES string of the molecule is CCCC(O)(CCC)[C@@H](Cc1ccccc1)N(C(=O)C1(C(N)=O)CCCC1)[C@H](Cc1ccccc1)C(O)(CCC)CCC. The molecule has 6 heteroatoms. The van der Waals surface area contributed by atoms with Gasteiger partial charge in [0, 0.05) is 0 Å². The van der Waals surface area contributed by atoms with E-state index in [-0.39, 0.29) is 5.91 Å². The summed E-state index contributed by atoms with van der Waals surface area (Å²) in [6.45, 7) is 8.22. The summed E-state index contributed by atoms with van der Waals surface area (Å²) in [6.07, 6.45) is 8.09. The third-order valence-corrected chi connectivity index (χ3v) is 9.76. The molecule has 0 unspecified atom stereocenters. The molecular weight excluding hydrogens is 536 g/mol. The van der Waals surface area contributed by atoms with Crippen LogP contribution in [0.5, 0.6) is 0 Å². The molecule has 1 saturated carbocycles. The molecule has 0 radical (unpaired) electrons. The largest absolute Gasteiger partial charge is 0.388 e. The summed E-state index contributed by atoms with van der Waals surface area (Å²) in [6, 6.07) is 18.6. The number of nitrogens with zero attached hydrogens (tertiary/aromatic N) is 1. The highest BCUT2D eigenvalue weighted by molar-refractivity contribution is 6.05. The summed E-state index contributed by atoms with van der Waals surface area (Å²) in [5, 5.41) is 25.3. The van der Waals surface area contributed by atoms with Gasteiger partial charge in [0.1, 0.15) is 5.41 Å². The van der Waals surface area contributed by atoms with Gasteiger partial charge in [-0.05, 0) is 62.5 Å². The first-order valence-corrected chi connectivity index (χ1v) is 16.8. The number of benzene rings is 2. The maximum atomic E-state index is 15.3. The number of rotatable bonds is 18. The monoisotopic (exact) mass is 592 g/mol. The van der Waals surface area contributed by atoms with Gasteiger partial charge < -0.3 is 20.8 Å². The van der Waals surface area contributed by atoms with Crippen molar-refractivity contribution in [3.8, 4) is 0 Å². The smallest absolute Gasteiger partial charge is 0.238 e. The number of hydrogen-bond acceptors (Lipinski definition) is 4. The number of primary amides is 1. The highest BCUT2D eigenvalue weighted by Gasteiger charge is 2.56. The maximum Gasteiger partial charge on any atom is 0.238 e. The third kappa shape index (κ3) is 8.07. The Kier molecular flexibility index (Phi) is 12.8. The third-order valence-electron chi connectivity index (χ3n) is 9.76.